The van der Waals surface area contributed by atoms with Crippen molar-refractivity contribution in [3.05, 3.63) is 65.9 Å². The van der Waals surface area contributed by atoms with Crippen molar-refractivity contribution in [2.45, 2.75) is 37.9 Å². The average Bonchev–Trinajstić information content (AvgIpc) is 3.25. The van der Waals surface area contributed by atoms with Crippen LogP contribution in [0.2, 0.25) is 0 Å². The smallest absolute Gasteiger partial charge is 0.326 e. The van der Waals surface area contributed by atoms with Gasteiger partial charge in [-0.05, 0) is 36.2 Å². The second kappa shape index (κ2) is 11.8. The molecule has 0 bridgehead atoms. The summed E-state index contributed by atoms with van der Waals surface area (Å²) < 4.78 is 0. The van der Waals surface area contributed by atoms with Crippen molar-refractivity contribution in [1.82, 2.24) is 20.9 Å². The number of nitrogens with two attached hydrogens (primary N) is 1. The van der Waals surface area contributed by atoms with E-state index in [-0.39, 0.29) is 18.6 Å². The second-order valence-electron chi connectivity index (χ2n) is 8.46. The van der Waals surface area contributed by atoms with Gasteiger partial charge in [-0.1, -0.05) is 30.3 Å². The molecule has 3 atom stereocenters. The lowest BCUT2D eigenvalue weighted by Gasteiger charge is -2.20. The quantitative estimate of drug-likeness (QED) is 0.198. The molecule has 36 heavy (non-hydrogen) atoms. The molecule has 0 saturated carbocycles. The van der Waals surface area contributed by atoms with Gasteiger partial charge in [0, 0.05) is 29.9 Å². The van der Waals surface area contributed by atoms with E-state index < -0.39 is 48.4 Å². The Morgan fingerprint density at radius 2 is 1.64 bits per heavy atom. The summed E-state index contributed by atoms with van der Waals surface area (Å²) >= 11 is 0. The van der Waals surface area contributed by atoms with E-state index in [1.54, 1.807) is 18.3 Å². The van der Waals surface area contributed by atoms with Gasteiger partial charge in [-0.15, -0.1) is 0 Å². The predicted molar refractivity (Wildman–Crippen MR) is 132 cm³/mol. The Morgan fingerprint density at radius 3 is 2.31 bits per heavy atom. The summed E-state index contributed by atoms with van der Waals surface area (Å²) in [4.78, 5) is 52.2. The van der Waals surface area contributed by atoms with Crippen molar-refractivity contribution in [2.24, 2.45) is 5.73 Å². The molecule has 0 spiro atoms. The minimum atomic E-state index is -1.21. The molecule has 2 aromatic carbocycles. The van der Waals surface area contributed by atoms with Gasteiger partial charge in [0.05, 0.1) is 12.6 Å². The van der Waals surface area contributed by atoms with E-state index in [9.17, 15) is 29.4 Å². The molecule has 3 amide bonds. The van der Waals surface area contributed by atoms with E-state index >= 15 is 0 Å². The Kier molecular flexibility index (Phi) is 8.63. The summed E-state index contributed by atoms with van der Waals surface area (Å²) in [6.07, 6.45) is 1.83. The van der Waals surface area contributed by atoms with E-state index in [2.05, 4.69) is 20.9 Å². The van der Waals surface area contributed by atoms with Gasteiger partial charge in [0.25, 0.3) is 0 Å². The van der Waals surface area contributed by atoms with Crippen molar-refractivity contribution in [3.63, 3.8) is 0 Å². The normalized spacial score (nSPS) is 13.4. The molecule has 0 fully saturated rings. The lowest BCUT2D eigenvalue weighted by Crippen LogP contribution is -2.54. The Morgan fingerprint density at radius 1 is 0.944 bits per heavy atom. The van der Waals surface area contributed by atoms with E-state index in [1.165, 1.54) is 19.1 Å². The Labute approximate surface area is 207 Å². The fourth-order valence-corrected chi connectivity index (χ4v) is 3.64. The van der Waals surface area contributed by atoms with Crippen LogP contribution in [0.1, 0.15) is 18.1 Å². The standard InChI is InChI=1S/C25H29N5O6/c1-14(26)23(33)30-20(10-15-6-8-17(31)9-7-15)24(34)28-13-22(32)29-21(25(35)36)11-16-12-27-19-5-3-2-4-18(16)19/h2-9,12,14,20-21,27,31H,10-11,13,26H2,1H3,(H,28,34)(H,29,32)(H,30,33)(H,35,36)/t14-,20-,21-/m0/s1. The van der Waals surface area contributed by atoms with Crippen molar-refractivity contribution >= 4 is 34.6 Å². The van der Waals surface area contributed by atoms with Crippen LogP contribution >= 0.6 is 0 Å². The number of phenolic OH excluding ortho intramolecular Hbond substituents is 1. The molecule has 190 valence electrons. The van der Waals surface area contributed by atoms with Gasteiger partial charge in [-0.25, -0.2) is 4.79 Å². The van der Waals surface area contributed by atoms with Crippen LogP contribution < -0.4 is 21.7 Å². The highest BCUT2D eigenvalue weighted by Crippen LogP contribution is 2.19. The molecule has 3 rings (SSSR count). The Hall–Kier alpha value is -4.38. The number of H-pyrrole nitrogens is 1. The van der Waals surface area contributed by atoms with E-state index in [0.717, 1.165) is 16.5 Å². The highest BCUT2D eigenvalue weighted by molar-refractivity contribution is 5.93. The molecular formula is C25H29N5O6. The largest absolute Gasteiger partial charge is 0.508 e. The van der Waals surface area contributed by atoms with E-state index in [1.807, 2.05) is 24.3 Å². The molecule has 11 nitrogen and oxygen atoms in total. The number of rotatable bonds is 11. The first-order valence-corrected chi connectivity index (χ1v) is 11.3. The summed E-state index contributed by atoms with van der Waals surface area (Å²) in [7, 11) is 0. The van der Waals surface area contributed by atoms with Gasteiger partial charge < -0.3 is 36.9 Å². The van der Waals surface area contributed by atoms with Crippen LogP contribution in [-0.2, 0) is 32.0 Å². The number of carbonyl (C=O) groups excluding carboxylic acids is 3. The maximum Gasteiger partial charge on any atom is 0.326 e. The summed E-state index contributed by atoms with van der Waals surface area (Å²) in [5.41, 5.74) is 7.84. The van der Waals surface area contributed by atoms with Crippen LogP contribution in [0.5, 0.6) is 5.75 Å². The first-order valence-electron chi connectivity index (χ1n) is 11.3. The monoisotopic (exact) mass is 495 g/mol. The number of nitrogens with one attached hydrogen (secondary N) is 4. The third kappa shape index (κ3) is 7.06. The second-order valence-corrected chi connectivity index (χ2v) is 8.46. The number of hydrogen-bond acceptors (Lipinski definition) is 6. The number of carboxylic acid groups (broad SMARTS) is 1. The van der Waals surface area contributed by atoms with Gasteiger partial charge in [0.2, 0.25) is 17.7 Å². The molecule has 1 heterocycles. The van der Waals surface area contributed by atoms with Gasteiger partial charge >= 0.3 is 5.97 Å². The molecule has 0 aliphatic heterocycles. The first-order chi connectivity index (χ1) is 17.1. The van der Waals surface area contributed by atoms with Crippen LogP contribution in [0.3, 0.4) is 0 Å². The lowest BCUT2D eigenvalue weighted by atomic mass is 10.0. The molecule has 0 aliphatic carbocycles. The van der Waals surface area contributed by atoms with E-state index in [0.29, 0.717) is 5.56 Å². The lowest BCUT2D eigenvalue weighted by molar-refractivity contribution is -0.141. The number of aromatic amines is 1. The summed E-state index contributed by atoms with van der Waals surface area (Å²) in [5, 5.41) is 27.3. The molecule has 11 heteroatoms. The van der Waals surface area contributed by atoms with Crippen molar-refractivity contribution < 1.29 is 29.4 Å². The van der Waals surface area contributed by atoms with Crippen LogP contribution in [0.15, 0.2) is 54.7 Å². The van der Waals surface area contributed by atoms with Crippen LogP contribution in [0.4, 0.5) is 0 Å². The predicted octanol–water partition coefficient (Wildman–Crippen LogP) is 0.176. The van der Waals surface area contributed by atoms with Crippen LogP contribution in [0, 0.1) is 0 Å². The number of aromatic hydroxyl groups is 1. The van der Waals surface area contributed by atoms with Gasteiger partial charge in [0.1, 0.15) is 17.8 Å². The van der Waals surface area contributed by atoms with Crippen LogP contribution in [0.25, 0.3) is 10.9 Å². The number of amides is 3. The zero-order chi connectivity index (χ0) is 26.2. The molecule has 0 unspecified atom stereocenters. The van der Waals surface area contributed by atoms with Gasteiger partial charge in [-0.3, -0.25) is 14.4 Å². The topological polar surface area (TPSA) is 187 Å². The minimum absolute atomic E-state index is 0.0486. The summed E-state index contributed by atoms with van der Waals surface area (Å²) in [6.45, 7) is 0.981. The van der Waals surface area contributed by atoms with E-state index in [4.69, 9.17) is 5.73 Å². The number of benzene rings is 2. The van der Waals surface area contributed by atoms with Crippen molar-refractivity contribution in [3.8, 4) is 5.75 Å². The first kappa shape index (κ1) is 26.2. The summed E-state index contributed by atoms with van der Waals surface area (Å²) in [6, 6.07) is 10.4. The highest BCUT2D eigenvalue weighted by atomic mass is 16.4. The molecule has 1 aromatic heterocycles. The van der Waals surface area contributed by atoms with Gasteiger partial charge in [0.15, 0.2) is 0 Å². The SMILES string of the molecule is C[C@H](N)C(=O)N[C@@H](Cc1ccc(O)cc1)C(=O)NCC(=O)N[C@@H](Cc1c[nH]c2ccccc12)C(=O)O. The zero-order valence-corrected chi connectivity index (χ0v) is 19.7. The molecule has 8 N–H and O–H groups in total. The minimum Gasteiger partial charge on any atom is -0.508 e. The van der Waals surface area contributed by atoms with Gasteiger partial charge in [-0.2, -0.15) is 0 Å². The van der Waals surface area contributed by atoms with Crippen molar-refractivity contribution in [1.29, 1.82) is 0 Å². The molecule has 3 aromatic rings. The number of hydrogen-bond donors (Lipinski definition) is 7. The zero-order valence-electron chi connectivity index (χ0n) is 19.7. The fraction of sp³-hybridized carbons (Fsp3) is 0.280. The third-order valence-electron chi connectivity index (χ3n) is 5.58. The fourth-order valence-electron chi connectivity index (χ4n) is 3.64. The highest BCUT2D eigenvalue weighted by Gasteiger charge is 2.25. The molecular weight excluding hydrogens is 466 g/mol. The third-order valence-corrected chi connectivity index (χ3v) is 5.58. The maximum atomic E-state index is 12.8. The number of aromatic nitrogens is 1. The van der Waals surface area contributed by atoms with Crippen molar-refractivity contribution in [2.75, 3.05) is 6.54 Å². The number of aliphatic carboxylic acids is 1. The molecule has 0 radical (unpaired) electrons. The number of fused-ring (bicyclic) bond motifs is 1. The number of carbonyl (C=O) groups is 4. The molecule has 0 saturated heterocycles. The Bertz CT molecular complexity index is 1240. The number of para-hydroxylation sites is 1. The number of carboxylic acids is 1. The number of phenols is 1. The Balaban J connectivity index is 1.61. The maximum absolute atomic E-state index is 12.8. The van der Waals surface area contributed by atoms with Crippen LogP contribution in [-0.4, -0.2) is 63.6 Å². The average molecular weight is 496 g/mol. The molecule has 0 aliphatic rings. The summed E-state index contributed by atoms with van der Waals surface area (Å²) in [5.74, 6) is -3.05.